The summed E-state index contributed by atoms with van der Waals surface area (Å²) < 4.78 is 0. The first kappa shape index (κ1) is 26.0. The molecule has 0 saturated heterocycles. The predicted molar refractivity (Wildman–Crippen MR) is 162 cm³/mol. The minimum Gasteiger partial charge on any atom is -0.494 e. The molecule has 3 aromatic carbocycles. The normalized spacial score (nSPS) is 12.7. The fourth-order valence-corrected chi connectivity index (χ4v) is 4.76. The Bertz CT molecular complexity index is 1850. The Morgan fingerprint density at radius 3 is 2.46 bits per heavy atom. The molecule has 0 fully saturated rings. The molecule has 204 valence electrons. The first-order chi connectivity index (χ1) is 19.9. The van der Waals surface area contributed by atoms with Gasteiger partial charge in [-0.25, -0.2) is 15.0 Å². The fraction of sp³-hybridized carbons (Fsp3) is 0.125. The van der Waals surface area contributed by atoms with E-state index in [4.69, 9.17) is 4.99 Å². The van der Waals surface area contributed by atoms with Crippen LogP contribution in [-0.2, 0) is 0 Å². The van der Waals surface area contributed by atoms with E-state index < -0.39 is 5.91 Å². The molecule has 0 aliphatic heterocycles. The van der Waals surface area contributed by atoms with Crippen LogP contribution in [0.1, 0.15) is 40.3 Å². The van der Waals surface area contributed by atoms with Crippen LogP contribution in [0.3, 0.4) is 0 Å². The second-order valence-electron chi connectivity index (χ2n) is 10.1. The van der Waals surface area contributed by atoms with Gasteiger partial charge in [0, 0.05) is 28.9 Å². The molecule has 3 heterocycles. The molecular weight excluding hydrogens is 514 g/mol. The van der Waals surface area contributed by atoms with Crippen molar-refractivity contribution in [3.63, 3.8) is 0 Å². The number of hydrogen-bond acceptors (Lipinski definition) is 6. The number of anilines is 1. The number of benzene rings is 3. The number of carbonyl (C=O) groups excluding carboxylic acids is 1. The minimum absolute atomic E-state index is 0.00714. The molecule has 3 aromatic heterocycles. The second-order valence-corrected chi connectivity index (χ2v) is 10.1. The van der Waals surface area contributed by atoms with Crippen molar-refractivity contribution in [3.8, 4) is 5.88 Å². The second kappa shape index (κ2) is 10.7. The third-order valence-corrected chi connectivity index (χ3v) is 7.18. The van der Waals surface area contributed by atoms with Crippen molar-refractivity contribution in [2.75, 3.05) is 19.4 Å². The van der Waals surface area contributed by atoms with Crippen molar-refractivity contribution in [1.82, 2.24) is 24.8 Å². The van der Waals surface area contributed by atoms with Crippen LogP contribution in [0.5, 0.6) is 5.88 Å². The number of hydrogen-bond donors (Lipinski definition) is 4. The summed E-state index contributed by atoms with van der Waals surface area (Å²) in [5, 5.41) is 14.7. The maximum absolute atomic E-state index is 12.9. The zero-order chi connectivity index (χ0) is 28.5. The Morgan fingerprint density at radius 1 is 0.951 bits per heavy atom. The van der Waals surface area contributed by atoms with Crippen LogP contribution < -0.4 is 5.32 Å². The molecule has 6 aromatic rings. The number of nitrogens with zero attached hydrogens (tertiary/aromatic N) is 4. The number of imidazole rings is 1. The maximum atomic E-state index is 12.9. The van der Waals surface area contributed by atoms with Gasteiger partial charge in [0.1, 0.15) is 0 Å². The minimum atomic E-state index is -0.392. The Morgan fingerprint density at radius 2 is 1.73 bits per heavy atom. The number of nitrogens with one attached hydrogen (secondary N) is 3. The van der Waals surface area contributed by atoms with Gasteiger partial charge in [0.2, 0.25) is 0 Å². The fourth-order valence-electron chi connectivity index (χ4n) is 4.76. The van der Waals surface area contributed by atoms with Crippen LogP contribution in [0, 0.1) is 0 Å². The van der Waals surface area contributed by atoms with E-state index in [-0.39, 0.29) is 17.7 Å². The largest absolute Gasteiger partial charge is 0.494 e. The number of aliphatic imine (C=N–C) groups is 1. The van der Waals surface area contributed by atoms with Crippen LogP contribution in [0.25, 0.3) is 22.1 Å². The third-order valence-electron chi connectivity index (χ3n) is 7.18. The molecule has 0 saturated carbocycles. The van der Waals surface area contributed by atoms with Gasteiger partial charge >= 0.3 is 0 Å². The summed E-state index contributed by atoms with van der Waals surface area (Å²) in [5.74, 6) is -0.234. The van der Waals surface area contributed by atoms with Gasteiger partial charge in [-0.2, -0.15) is 0 Å². The zero-order valence-electron chi connectivity index (χ0n) is 22.9. The number of aromatic hydroxyl groups is 1. The Labute approximate surface area is 236 Å². The van der Waals surface area contributed by atoms with E-state index in [9.17, 15) is 9.90 Å². The molecule has 0 aliphatic rings. The first-order valence-corrected chi connectivity index (χ1v) is 13.2. The molecule has 0 radical (unpaired) electrons. The summed E-state index contributed by atoms with van der Waals surface area (Å²) in [6.45, 7) is 2.15. The van der Waals surface area contributed by atoms with Gasteiger partial charge < -0.3 is 25.3 Å². The summed E-state index contributed by atoms with van der Waals surface area (Å²) in [6.07, 6.45) is 1.63. The van der Waals surface area contributed by atoms with Gasteiger partial charge in [-0.1, -0.05) is 42.5 Å². The summed E-state index contributed by atoms with van der Waals surface area (Å²) in [6, 6.07) is 27.2. The average Bonchev–Trinajstić information content (AvgIpc) is 3.56. The highest BCUT2D eigenvalue weighted by atomic mass is 16.3. The van der Waals surface area contributed by atoms with Crippen LogP contribution in [-0.4, -0.2) is 55.7 Å². The molecule has 9 heteroatoms. The predicted octanol–water partition coefficient (Wildman–Crippen LogP) is 6.19. The SMILES string of the molecule is C[C@@H](c1ccc(N=C(c2ccccc2)c2c(O)[nH]c3cc(NC(=O)c4nc5ncccc5[nH]4)ccc23)cc1)N(C)C. The van der Waals surface area contributed by atoms with Gasteiger partial charge in [0.25, 0.3) is 5.91 Å². The number of rotatable bonds is 7. The van der Waals surface area contributed by atoms with Gasteiger partial charge in [0.05, 0.1) is 28.0 Å². The van der Waals surface area contributed by atoms with Crippen molar-refractivity contribution >= 4 is 45.1 Å². The molecule has 0 aliphatic carbocycles. The molecule has 1 atom stereocenters. The molecule has 9 nitrogen and oxygen atoms in total. The Kier molecular flexibility index (Phi) is 6.78. The quantitative estimate of drug-likeness (QED) is 0.179. The average molecular weight is 544 g/mol. The van der Waals surface area contributed by atoms with Crippen molar-refractivity contribution in [2.24, 2.45) is 4.99 Å². The van der Waals surface area contributed by atoms with E-state index in [1.165, 1.54) is 5.56 Å². The molecule has 0 bridgehead atoms. The van der Waals surface area contributed by atoms with Gasteiger partial charge in [-0.05, 0) is 69.0 Å². The number of pyridine rings is 1. The molecular formula is C32H29N7O2. The van der Waals surface area contributed by atoms with Crippen LogP contribution in [0.2, 0.25) is 0 Å². The maximum Gasteiger partial charge on any atom is 0.291 e. The highest BCUT2D eigenvalue weighted by molar-refractivity contribution is 6.22. The van der Waals surface area contributed by atoms with Crippen LogP contribution >= 0.6 is 0 Å². The molecule has 6 rings (SSSR count). The monoisotopic (exact) mass is 543 g/mol. The lowest BCUT2D eigenvalue weighted by atomic mass is 10.0. The molecule has 0 spiro atoms. The van der Waals surface area contributed by atoms with Crippen LogP contribution in [0.15, 0.2) is 96.1 Å². The Balaban J connectivity index is 1.36. The van der Waals surface area contributed by atoms with E-state index in [2.05, 4.69) is 63.3 Å². The van der Waals surface area contributed by atoms with E-state index in [0.29, 0.717) is 33.6 Å². The standard InChI is InChI=1S/C32H29N7O2/c1-19(39(2)3)20-11-13-22(14-12-20)34-28(21-8-5-4-6-9-21)27-24-16-15-23(18-26(24)37-31(27)40)35-32(41)30-36-25-10-7-17-33-29(25)38-30/h4-19,37,40H,1-3H3,(H,35,41)(H,33,36,38)/t19-/m0/s1. The Hall–Kier alpha value is -5.28. The molecule has 41 heavy (non-hydrogen) atoms. The molecule has 1 amide bonds. The number of aromatic amines is 2. The van der Waals surface area contributed by atoms with Gasteiger partial charge in [-0.15, -0.1) is 0 Å². The number of H-pyrrole nitrogens is 2. The van der Waals surface area contributed by atoms with E-state index in [1.54, 1.807) is 24.4 Å². The van der Waals surface area contributed by atoms with Crippen molar-refractivity contribution in [2.45, 2.75) is 13.0 Å². The number of fused-ring (bicyclic) bond motifs is 2. The smallest absolute Gasteiger partial charge is 0.291 e. The summed E-state index contributed by atoms with van der Waals surface area (Å²) >= 11 is 0. The van der Waals surface area contributed by atoms with E-state index in [0.717, 1.165) is 16.6 Å². The zero-order valence-corrected chi connectivity index (χ0v) is 22.9. The lowest BCUT2D eigenvalue weighted by molar-refractivity contribution is 0.101. The third kappa shape index (κ3) is 5.18. The van der Waals surface area contributed by atoms with Crippen molar-refractivity contribution in [1.29, 1.82) is 0 Å². The molecule has 4 N–H and O–H groups in total. The topological polar surface area (TPSA) is 122 Å². The summed E-state index contributed by atoms with van der Waals surface area (Å²) in [5.41, 5.74) is 6.41. The van der Waals surface area contributed by atoms with Gasteiger partial charge in [0.15, 0.2) is 17.4 Å². The summed E-state index contributed by atoms with van der Waals surface area (Å²) in [7, 11) is 4.11. The highest BCUT2D eigenvalue weighted by Gasteiger charge is 2.20. The highest BCUT2D eigenvalue weighted by Crippen LogP contribution is 2.33. The number of carbonyl (C=O) groups is 1. The van der Waals surface area contributed by atoms with E-state index in [1.807, 2.05) is 54.6 Å². The molecule has 0 unspecified atom stereocenters. The van der Waals surface area contributed by atoms with Crippen molar-refractivity contribution < 1.29 is 9.90 Å². The lowest BCUT2D eigenvalue weighted by Crippen LogP contribution is -2.16. The van der Waals surface area contributed by atoms with Gasteiger partial charge in [-0.3, -0.25) is 4.79 Å². The number of amides is 1. The summed E-state index contributed by atoms with van der Waals surface area (Å²) in [4.78, 5) is 34.5. The van der Waals surface area contributed by atoms with Crippen LogP contribution in [0.4, 0.5) is 11.4 Å². The number of aromatic nitrogens is 4. The van der Waals surface area contributed by atoms with E-state index >= 15 is 0 Å². The lowest BCUT2D eigenvalue weighted by Gasteiger charge is -2.20. The van der Waals surface area contributed by atoms with Crippen molar-refractivity contribution in [3.05, 3.63) is 114 Å². The first-order valence-electron chi connectivity index (χ1n) is 13.2.